The van der Waals surface area contributed by atoms with Crippen molar-refractivity contribution in [3.05, 3.63) is 36.9 Å². The van der Waals surface area contributed by atoms with Gasteiger partial charge in [0.05, 0.1) is 12.0 Å². The van der Waals surface area contributed by atoms with E-state index in [2.05, 4.69) is 6.58 Å². The highest BCUT2D eigenvalue weighted by Crippen LogP contribution is 2.43. The Morgan fingerprint density at radius 3 is 2.46 bits per heavy atom. The number of ether oxygens (including phenoxy) is 1. The second-order valence-electron chi connectivity index (χ2n) is 6.40. The third-order valence-electron chi connectivity index (χ3n) is 4.41. The van der Waals surface area contributed by atoms with E-state index in [0.717, 1.165) is 4.31 Å². The van der Waals surface area contributed by atoms with Crippen LogP contribution in [0, 0.1) is 11.3 Å². The van der Waals surface area contributed by atoms with Gasteiger partial charge in [0.2, 0.25) is 10.0 Å². The fraction of sp³-hybridized carbons (Fsp3) is 0.438. The van der Waals surface area contributed by atoms with Gasteiger partial charge >= 0.3 is 0 Å². The monoisotopic (exact) mass is 354 g/mol. The molecule has 0 saturated carbocycles. The second kappa shape index (κ2) is 6.54. The first-order valence-corrected chi connectivity index (χ1v) is 8.85. The summed E-state index contributed by atoms with van der Waals surface area (Å²) in [7, 11) is -2.44. The number of carbonyl (C=O) groups is 1. The number of amides is 1. The molecule has 1 amide bonds. The Morgan fingerprint density at radius 2 is 2.00 bits per heavy atom. The van der Waals surface area contributed by atoms with E-state index >= 15 is 0 Å². The fourth-order valence-corrected chi connectivity index (χ4v) is 4.92. The molecule has 1 fully saturated rings. The molecule has 0 bridgehead atoms. The van der Waals surface area contributed by atoms with E-state index in [-0.39, 0.29) is 11.4 Å². The maximum atomic E-state index is 13.0. The second-order valence-corrected chi connectivity index (χ2v) is 8.29. The molecule has 0 spiro atoms. The number of benzene rings is 1. The van der Waals surface area contributed by atoms with Gasteiger partial charge in [-0.05, 0) is 29.7 Å². The van der Waals surface area contributed by atoms with Crippen molar-refractivity contribution in [3.63, 3.8) is 0 Å². The number of methoxy groups -OCH3 is 1. The Kier molecular flexibility index (Phi) is 5.03. The molecule has 1 unspecified atom stereocenters. The molecule has 1 saturated heterocycles. The van der Waals surface area contributed by atoms with Crippen LogP contribution in [0.1, 0.15) is 13.8 Å². The smallest absolute Gasteiger partial charge is 0.262 e. The Balaban J connectivity index is 2.49. The average Bonchev–Trinajstić information content (AvgIpc) is 2.85. The van der Waals surface area contributed by atoms with Crippen molar-refractivity contribution in [1.29, 1.82) is 0 Å². The largest absolute Gasteiger partial charge is 0.497 e. The number of hydroxylamine groups is 1. The van der Waals surface area contributed by atoms with Crippen LogP contribution in [0.2, 0.25) is 0 Å². The highest BCUT2D eigenvalue weighted by molar-refractivity contribution is 7.89. The first kappa shape index (κ1) is 18.4. The van der Waals surface area contributed by atoms with Gasteiger partial charge < -0.3 is 4.74 Å². The molecule has 8 heteroatoms. The van der Waals surface area contributed by atoms with Crippen molar-refractivity contribution in [2.45, 2.75) is 24.8 Å². The summed E-state index contributed by atoms with van der Waals surface area (Å²) in [5.41, 5.74) is 1.07. The fourth-order valence-electron chi connectivity index (χ4n) is 3.14. The number of nitrogens with one attached hydrogen (secondary N) is 1. The Bertz CT molecular complexity index is 727. The van der Waals surface area contributed by atoms with Gasteiger partial charge in [-0.15, -0.1) is 6.58 Å². The van der Waals surface area contributed by atoms with Gasteiger partial charge in [0.1, 0.15) is 11.8 Å². The quantitative estimate of drug-likeness (QED) is 0.473. The summed E-state index contributed by atoms with van der Waals surface area (Å²) in [6.07, 6.45) is 1.56. The number of nitrogens with zero attached hydrogens (tertiary/aromatic N) is 1. The number of rotatable bonds is 5. The molecule has 24 heavy (non-hydrogen) atoms. The van der Waals surface area contributed by atoms with Crippen LogP contribution in [0.5, 0.6) is 5.75 Å². The zero-order valence-corrected chi connectivity index (χ0v) is 14.7. The summed E-state index contributed by atoms with van der Waals surface area (Å²) < 4.78 is 32.2. The summed E-state index contributed by atoms with van der Waals surface area (Å²) in [4.78, 5) is 12.2. The summed E-state index contributed by atoms with van der Waals surface area (Å²) in [6, 6.07) is 4.88. The minimum Gasteiger partial charge on any atom is -0.497 e. The van der Waals surface area contributed by atoms with Crippen LogP contribution in [0.25, 0.3) is 0 Å². The third kappa shape index (κ3) is 3.04. The van der Waals surface area contributed by atoms with E-state index < -0.39 is 33.3 Å². The Hall–Kier alpha value is -1.90. The van der Waals surface area contributed by atoms with E-state index in [9.17, 15) is 13.2 Å². The first-order valence-electron chi connectivity index (χ1n) is 7.41. The summed E-state index contributed by atoms with van der Waals surface area (Å²) in [5, 5.41) is 9.03. The number of hydrogen-bond donors (Lipinski definition) is 2. The lowest BCUT2D eigenvalue weighted by molar-refractivity contribution is -0.133. The van der Waals surface area contributed by atoms with Gasteiger partial charge in [-0.25, -0.2) is 13.9 Å². The maximum absolute atomic E-state index is 13.0. The minimum atomic E-state index is -3.92. The van der Waals surface area contributed by atoms with Gasteiger partial charge in [-0.2, -0.15) is 4.31 Å². The molecule has 2 N–H and O–H groups in total. The SMILES string of the molecule is C=CC1[C@H](C(=O)NO)N(S(=O)(=O)c2ccc(OC)cc2)CC1(C)C. The molecule has 7 nitrogen and oxygen atoms in total. The lowest BCUT2D eigenvalue weighted by Gasteiger charge is -2.25. The number of carbonyl (C=O) groups excluding carboxylic acids is 1. The van der Waals surface area contributed by atoms with Crippen molar-refractivity contribution < 1.29 is 23.2 Å². The molecule has 1 aromatic carbocycles. The molecule has 2 atom stereocenters. The predicted molar refractivity (Wildman–Crippen MR) is 88.1 cm³/mol. The predicted octanol–water partition coefficient (Wildman–Crippen LogP) is 1.40. The third-order valence-corrected chi connectivity index (χ3v) is 6.26. The van der Waals surface area contributed by atoms with Crippen LogP contribution in [0.15, 0.2) is 41.8 Å². The summed E-state index contributed by atoms with van der Waals surface area (Å²) in [5.74, 6) is -0.676. The lowest BCUT2D eigenvalue weighted by Crippen LogP contribution is -2.47. The van der Waals surface area contributed by atoms with Gasteiger partial charge in [0.25, 0.3) is 5.91 Å². The van der Waals surface area contributed by atoms with E-state index in [1.807, 2.05) is 13.8 Å². The number of hydrogen-bond acceptors (Lipinski definition) is 5. The van der Waals surface area contributed by atoms with Crippen molar-refractivity contribution in [2.24, 2.45) is 11.3 Å². The number of sulfonamides is 1. The van der Waals surface area contributed by atoms with E-state index in [4.69, 9.17) is 9.94 Å². The topological polar surface area (TPSA) is 95.9 Å². The van der Waals surface area contributed by atoms with Gasteiger partial charge in [-0.3, -0.25) is 10.0 Å². The molecule has 2 rings (SSSR count). The summed E-state index contributed by atoms with van der Waals surface area (Å²) in [6.45, 7) is 7.58. The molecule has 1 aliphatic rings. The van der Waals surface area contributed by atoms with Crippen LogP contribution in [0.4, 0.5) is 0 Å². The van der Waals surface area contributed by atoms with E-state index in [1.54, 1.807) is 23.7 Å². The van der Waals surface area contributed by atoms with Gasteiger partial charge in [0.15, 0.2) is 0 Å². The molecular weight excluding hydrogens is 332 g/mol. The highest BCUT2D eigenvalue weighted by atomic mass is 32.2. The van der Waals surface area contributed by atoms with Crippen LogP contribution in [-0.4, -0.2) is 43.5 Å². The molecule has 1 aliphatic heterocycles. The maximum Gasteiger partial charge on any atom is 0.262 e. The minimum absolute atomic E-state index is 0.0551. The molecule has 0 radical (unpaired) electrons. The van der Waals surface area contributed by atoms with E-state index in [1.165, 1.54) is 19.2 Å². The molecule has 0 aliphatic carbocycles. The van der Waals surface area contributed by atoms with Crippen molar-refractivity contribution in [1.82, 2.24) is 9.79 Å². The Morgan fingerprint density at radius 1 is 1.42 bits per heavy atom. The van der Waals surface area contributed by atoms with Crippen LogP contribution in [-0.2, 0) is 14.8 Å². The van der Waals surface area contributed by atoms with Crippen molar-refractivity contribution >= 4 is 15.9 Å². The van der Waals surface area contributed by atoms with Gasteiger partial charge in [0, 0.05) is 12.5 Å². The van der Waals surface area contributed by atoms with Crippen molar-refractivity contribution in [3.8, 4) is 5.75 Å². The molecule has 0 aromatic heterocycles. The molecule has 1 aromatic rings. The zero-order valence-electron chi connectivity index (χ0n) is 13.9. The Labute approximate surface area is 141 Å². The van der Waals surface area contributed by atoms with Crippen LogP contribution >= 0.6 is 0 Å². The zero-order chi connectivity index (χ0) is 18.1. The molecular formula is C16H22N2O5S. The van der Waals surface area contributed by atoms with Crippen LogP contribution in [0.3, 0.4) is 0 Å². The standard InChI is InChI=1S/C16H22N2O5S/c1-5-13-14(15(19)17-20)18(10-16(13,2)3)24(21,22)12-8-6-11(23-4)7-9-12/h5-9,13-14,20H,1,10H2,2-4H3,(H,17,19)/t13?,14-/m1/s1. The normalized spacial score (nSPS) is 23.7. The molecule has 1 heterocycles. The van der Waals surface area contributed by atoms with Crippen LogP contribution < -0.4 is 10.2 Å². The lowest BCUT2D eigenvalue weighted by atomic mass is 9.79. The highest BCUT2D eigenvalue weighted by Gasteiger charge is 2.53. The van der Waals surface area contributed by atoms with Crippen molar-refractivity contribution in [2.75, 3.05) is 13.7 Å². The molecule has 132 valence electrons. The average molecular weight is 354 g/mol. The first-order chi connectivity index (χ1) is 11.2. The summed E-state index contributed by atoms with van der Waals surface area (Å²) >= 11 is 0. The van der Waals surface area contributed by atoms with E-state index in [0.29, 0.717) is 5.75 Å². The van der Waals surface area contributed by atoms with Gasteiger partial charge in [-0.1, -0.05) is 19.9 Å².